The molecule has 1 aromatic heterocycles. The maximum atomic E-state index is 12.1. The molecule has 1 N–H and O–H groups in total. The van der Waals surface area contributed by atoms with Gasteiger partial charge in [0.1, 0.15) is 0 Å². The third-order valence-electron chi connectivity index (χ3n) is 3.32. The van der Waals surface area contributed by atoms with Crippen molar-refractivity contribution < 1.29 is 4.79 Å². The van der Waals surface area contributed by atoms with Crippen LogP contribution in [0.4, 0.5) is 0 Å². The average Bonchev–Trinajstić information content (AvgIpc) is 3.26. The van der Waals surface area contributed by atoms with Crippen molar-refractivity contribution in [3.05, 3.63) is 35.9 Å². The van der Waals surface area contributed by atoms with Crippen LogP contribution in [-0.2, 0) is 11.3 Å². The summed E-state index contributed by atoms with van der Waals surface area (Å²) in [5.74, 6) is -0.00537. The van der Waals surface area contributed by atoms with Gasteiger partial charge >= 0.3 is 0 Å². The molecule has 0 aliphatic heterocycles. The summed E-state index contributed by atoms with van der Waals surface area (Å²) >= 11 is 1.40. The predicted octanol–water partition coefficient (Wildman–Crippen LogP) is 1.80. The Morgan fingerprint density at radius 1 is 1.43 bits per heavy atom. The van der Waals surface area contributed by atoms with E-state index in [2.05, 4.69) is 20.8 Å². The molecule has 0 bridgehead atoms. The molecular weight excluding hydrogens is 286 g/mol. The third-order valence-corrected chi connectivity index (χ3v) is 4.36. The van der Waals surface area contributed by atoms with E-state index in [1.807, 2.05) is 41.9 Å². The zero-order valence-electron chi connectivity index (χ0n) is 11.8. The number of tetrazole rings is 1. The van der Waals surface area contributed by atoms with E-state index < -0.39 is 0 Å². The van der Waals surface area contributed by atoms with Gasteiger partial charge in [0.05, 0.1) is 11.3 Å². The lowest BCUT2D eigenvalue weighted by Crippen LogP contribution is -2.30. The molecule has 3 rings (SSSR count). The van der Waals surface area contributed by atoms with Gasteiger partial charge in [-0.1, -0.05) is 42.1 Å². The lowest BCUT2D eigenvalue weighted by Gasteiger charge is -2.11. The number of aromatic nitrogens is 4. The van der Waals surface area contributed by atoms with Crippen molar-refractivity contribution in [2.24, 2.45) is 0 Å². The summed E-state index contributed by atoms with van der Waals surface area (Å²) in [6.07, 6.45) is 2.24. The minimum Gasteiger partial charge on any atom is -0.351 e. The number of rotatable bonds is 6. The Bertz CT molecular complexity index is 611. The van der Waals surface area contributed by atoms with Crippen LogP contribution >= 0.6 is 11.8 Å². The Kier molecular flexibility index (Phi) is 4.19. The van der Waals surface area contributed by atoms with E-state index in [4.69, 9.17) is 0 Å². The zero-order valence-corrected chi connectivity index (χ0v) is 12.6. The number of nitrogens with one attached hydrogen (secondary N) is 1. The van der Waals surface area contributed by atoms with Crippen molar-refractivity contribution in [1.29, 1.82) is 0 Å². The number of hydrogen-bond acceptors (Lipinski definition) is 5. The standard InChI is InChI=1S/C14H17N5OS/c1-10(13(20)15-9-11-5-3-2-4-6-11)21-14-16-17-18-19(14)12-7-8-12/h2-6,10,12H,7-9H2,1H3,(H,15,20)/t10-/m0/s1. The van der Waals surface area contributed by atoms with Crippen molar-refractivity contribution in [3.63, 3.8) is 0 Å². The summed E-state index contributed by atoms with van der Waals surface area (Å²) in [5, 5.41) is 15.1. The second kappa shape index (κ2) is 6.26. The highest BCUT2D eigenvalue weighted by atomic mass is 32.2. The highest BCUT2D eigenvalue weighted by Crippen LogP contribution is 2.37. The molecule has 1 saturated carbocycles. The maximum Gasteiger partial charge on any atom is 0.233 e. The van der Waals surface area contributed by atoms with Crippen LogP contribution < -0.4 is 5.32 Å². The largest absolute Gasteiger partial charge is 0.351 e. The predicted molar refractivity (Wildman–Crippen MR) is 79.7 cm³/mol. The Morgan fingerprint density at radius 3 is 2.90 bits per heavy atom. The van der Waals surface area contributed by atoms with Crippen LogP contribution in [0.5, 0.6) is 0 Å². The van der Waals surface area contributed by atoms with Crippen LogP contribution in [0.1, 0.15) is 31.4 Å². The number of carbonyl (C=O) groups excluding carboxylic acids is 1. The molecule has 21 heavy (non-hydrogen) atoms. The van der Waals surface area contributed by atoms with Gasteiger partial charge in [0.25, 0.3) is 0 Å². The maximum absolute atomic E-state index is 12.1. The van der Waals surface area contributed by atoms with E-state index in [1.54, 1.807) is 0 Å². The van der Waals surface area contributed by atoms with Crippen LogP contribution in [-0.4, -0.2) is 31.4 Å². The van der Waals surface area contributed by atoms with Gasteiger partial charge in [0.2, 0.25) is 11.1 Å². The second-order valence-electron chi connectivity index (χ2n) is 5.10. The van der Waals surface area contributed by atoms with Crippen molar-refractivity contribution in [1.82, 2.24) is 25.5 Å². The number of amides is 1. The first-order valence-electron chi connectivity index (χ1n) is 7.00. The van der Waals surface area contributed by atoms with Gasteiger partial charge in [-0.05, 0) is 35.8 Å². The highest BCUT2D eigenvalue weighted by Gasteiger charge is 2.29. The summed E-state index contributed by atoms with van der Waals surface area (Å²) in [6, 6.07) is 10.3. The lowest BCUT2D eigenvalue weighted by atomic mass is 10.2. The van der Waals surface area contributed by atoms with Gasteiger partial charge in [-0.3, -0.25) is 4.79 Å². The number of nitrogens with zero attached hydrogens (tertiary/aromatic N) is 4. The molecule has 1 aliphatic carbocycles. The highest BCUT2D eigenvalue weighted by molar-refractivity contribution is 8.00. The molecule has 1 atom stereocenters. The smallest absolute Gasteiger partial charge is 0.233 e. The first-order valence-corrected chi connectivity index (χ1v) is 7.88. The molecule has 1 fully saturated rings. The number of hydrogen-bond donors (Lipinski definition) is 1. The van der Waals surface area contributed by atoms with Gasteiger partial charge in [-0.2, -0.15) is 0 Å². The van der Waals surface area contributed by atoms with Crippen LogP contribution in [0.25, 0.3) is 0 Å². The first kappa shape index (κ1) is 14.1. The molecule has 1 aromatic carbocycles. The second-order valence-corrected chi connectivity index (χ2v) is 6.41. The fourth-order valence-corrected chi connectivity index (χ4v) is 2.84. The van der Waals surface area contributed by atoms with Crippen molar-refractivity contribution >= 4 is 17.7 Å². The van der Waals surface area contributed by atoms with Crippen LogP contribution in [0.15, 0.2) is 35.5 Å². The molecule has 6 nitrogen and oxygen atoms in total. The minimum absolute atomic E-state index is 0.00537. The number of carbonyl (C=O) groups is 1. The molecule has 2 aromatic rings. The fourth-order valence-electron chi connectivity index (χ4n) is 1.95. The Labute approximate surface area is 127 Å². The van der Waals surface area contributed by atoms with Gasteiger partial charge in [0.15, 0.2) is 0 Å². The SMILES string of the molecule is C[C@H](Sc1nnnn1C1CC1)C(=O)NCc1ccccc1. The van der Waals surface area contributed by atoms with Gasteiger partial charge in [-0.15, -0.1) is 5.10 Å². The molecule has 1 heterocycles. The summed E-state index contributed by atoms with van der Waals surface area (Å²) in [5.41, 5.74) is 1.09. The minimum atomic E-state index is -0.225. The monoisotopic (exact) mass is 303 g/mol. The van der Waals surface area contributed by atoms with Crippen molar-refractivity contribution in [3.8, 4) is 0 Å². The molecule has 0 spiro atoms. The molecule has 1 aliphatic rings. The number of thioether (sulfide) groups is 1. The molecule has 1 amide bonds. The molecular formula is C14H17N5OS. The van der Waals surface area contributed by atoms with E-state index in [1.165, 1.54) is 11.8 Å². The van der Waals surface area contributed by atoms with Gasteiger partial charge in [0, 0.05) is 6.54 Å². The van der Waals surface area contributed by atoms with Gasteiger partial charge < -0.3 is 5.32 Å². The van der Waals surface area contributed by atoms with Crippen LogP contribution in [0.2, 0.25) is 0 Å². The van der Waals surface area contributed by atoms with Crippen LogP contribution in [0.3, 0.4) is 0 Å². The molecule has 0 saturated heterocycles. The fraction of sp³-hybridized carbons (Fsp3) is 0.429. The summed E-state index contributed by atoms with van der Waals surface area (Å²) in [6.45, 7) is 2.41. The lowest BCUT2D eigenvalue weighted by molar-refractivity contribution is -0.120. The van der Waals surface area contributed by atoms with E-state index in [0.29, 0.717) is 12.6 Å². The molecule has 110 valence electrons. The van der Waals surface area contributed by atoms with E-state index in [0.717, 1.165) is 23.6 Å². The Balaban J connectivity index is 1.53. The number of benzene rings is 1. The first-order chi connectivity index (χ1) is 10.2. The Morgan fingerprint density at radius 2 is 2.19 bits per heavy atom. The van der Waals surface area contributed by atoms with Crippen molar-refractivity contribution in [2.45, 2.75) is 42.8 Å². The quantitative estimate of drug-likeness (QED) is 0.824. The molecule has 0 unspecified atom stereocenters. The third kappa shape index (κ3) is 3.60. The topological polar surface area (TPSA) is 72.7 Å². The van der Waals surface area contributed by atoms with Gasteiger partial charge in [-0.25, -0.2) is 4.68 Å². The van der Waals surface area contributed by atoms with E-state index in [9.17, 15) is 4.79 Å². The van der Waals surface area contributed by atoms with E-state index >= 15 is 0 Å². The summed E-state index contributed by atoms with van der Waals surface area (Å²) in [7, 11) is 0. The van der Waals surface area contributed by atoms with Crippen molar-refractivity contribution in [2.75, 3.05) is 0 Å². The van der Waals surface area contributed by atoms with E-state index in [-0.39, 0.29) is 11.2 Å². The molecule has 0 radical (unpaired) electrons. The average molecular weight is 303 g/mol. The van der Waals surface area contributed by atoms with Crippen LogP contribution in [0, 0.1) is 0 Å². The molecule has 7 heteroatoms. The Hall–Kier alpha value is -1.89. The summed E-state index contributed by atoms with van der Waals surface area (Å²) in [4.78, 5) is 12.1. The zero-order chi connectivity index (χ0) is 14.7. The normalized spacial score (nSPS) is 15.7. The summed E-state index contributed by atoms with van der Waals surface area (Å²) < 4.78 is 1.83.